The van der Waals surface area contributed by atoms with Crippen LogP contribution in [0, 0.1) is 5.82 Å². The summed E-state index contributed by atoms with van der Waals surface area (Å²) in [6.45, 7) is 5.33. The summed E-state index contributed by atoms with van der Waals surface area (Å²) in [5.74, 6) is 0.692. The van der Waals surface area contributed by atoms with E-state index in [2.05, 4.69) is 27.8 Å². The van der Waals surface area contributed by atoms with E-state index in [1.165, 1.54) is 17.2 Å². The summed E-state index contributed by atoms with van der Waals surface area (Å²) in [5, 5.41) is 6.42. The average molecular weight is 397 g/mol. The lowest BCUT2D eigenvalue weighted by Crippen LogP contribution is -2.38. The van der Waals surface area contributed by atoms with Gasteiger partial charge in [-0.15, -0.1) is 0 Å². The number of hydrogen-bond donors (Lipinski definition) is 2. The number of nitrogens with zero attached hydrogens (tertiary/aromatic N) is 2. The van der Waals surface area contributed by atoms with Crippen LogP contribution in [0.1, 0.15) is 36.5 Å². The predicted molar refractivity (Wildman–Crippen MR) is 114 cm³/mol. The number of benzene rings is 2. The van der Waals surface area contributed by atoms with Crippen molar-refractivity contribution < 1.29 is 9.18 Å². The minimum Gasteiger partial charge on any atom is -0.357 e. The van der Waals surface area contributed by atoms with Crippen molar-refractivity contribution in [2.75, 3.05) is 19.6 Å². The first kappa shape index (κ1) is 20.8. The highest BCUT2D eigenvalue weighted by Crippen LogP contribution is 2.22. The van der Waals surface area contributed by atoms with Crippen LogP contribution in [0.15, 0.2) is 53.5 Å². The summed E-state index contributed by atoms with van der Waals surface area (Å²) in [4.78, 5) is 18.9. The molecule has 5 nitrogen and oxygen atoms in total. The minimum absolute atomic E-state index is 0.175. The van der Waals surface area contributed by atoms with Gasteiger partial charge in [-0.2, -0.15) is 0 Å². The van der Waals surface area contributed by atoms with Crippen molar-refractivity contribution in [1.82, 2.24) is 15.5 Å². The molecule has 0 unspecified atom stereocenters. The number of hydrogen-bond acceptors (Lipinski definition) is 2. The number of nitrogens with one attached hydrogen (secondary N) is 2. The third kappa shape index (κ3) is 6.04. The monoisotopic (exact) mass is 396 g/mol. The van der Waals surface area contributed by atoms with E-state index in [4.69, 9.17) is 0 Å². The number of carbonyl (C=O) groups excluding carboxylic acids is 1. The molecule has 154 valence electrons. The van der Waals surface area contributed by atoms with Gasteiger partial charge in [0.1, 0.15) is 5.82 Å². The molecule has 0 saturated carbocycles. The Morgan fingerprint density at radius 1 is 1.07 bits per heavy atom. The first-order chi connectivity index (χ1) is 14.2. The van der Waals surface area contributed by atoms with Gasteiger partial charge < -0.3 is 15.5 Å². The summed E-state index contributed by atoms with van der Waals surface area (Å²) in [6, 6.07) is 15.0. The maximum atomic E-state index is 13.7. The molecule has 2 N–H and O–H groups in total. The highest BCUT2D eigenvalue weighted by atomic mass is 19.1. The number of carbonyl (C=O) groups is 1. The van der Waals surface area contributed by atoms with Gasteiger partial charge in [0.2, 0.25) is 5.91 Å². The Labute approximate surface area is 172 Å². The first-order valence-corrected chi connectivity index (χ1v) is 10.3. The third-order valence-electron chi connectivity index (χ3n) is 5.00. The van der Waals surface area contributed by atoms with Gasteiger partial charge in [-0.3, -0.25) is 9.79 Å². The van der Waals surface area contributed by atoms with Crippen LogP contribution in [-0.4, -0.2) is 36.4 Å². The van der Waals surface area contributed by atoms with Gasteiger partial charge in [-0.1, -0.05) is 42.5 Å². The van der Waals surface area contributed by atoms with Crippen LogP contribution in [0.4, 0.5) is 4.39 Å². The van der Waals surface area contributed by atoms with E-state index in [0.717, 1.165) is 6.54 Å². The molecule has 1 amide bonds. The van der Waals surface area contributed by atoms with Crippen molar-refractivity contribution in [3.8, 4) is 0 Å². The van der Waals surface area contributed by atoms with Gasteiger partial charge in [-0.25, -0.2) is 4.39 Å². The average Bonchev–Trinajstić information content (AvgIpc) is 3.17. The second-order valence-corrected chi connectivity index (χ2v) is 7.15. The largest absolute Gasteiger partial charge is 0.357 e. The predicted octanol–water partition coefficient (Wildman–Crippen LogP) is 3.25. The van der Waals surface area contributed by atoms with Crippen LogP contribution in [0.25, 0.3) is 0 Å². The van der Waals surface area contributed by atoms with E-state index in [1.807, 2.05) is 30.0 Å². The van der Waals surface area contributed by atoms with Crippen LogP contribution < -0.4 is 10.6 Å². The van der Waals surface area contributed by atoms with Crippen molar-refractivity contribution in [3.63, 3.8) is 0 Å². The molecule has 0 bridgehead atoms. The molecule has 0 aliphatic carbocycles. The normalized spacial score (nSPS) is 13.3. The quantitative estimate of drug-likeness (QED) is 0.409. The Morgan fingerprint density at radius 2 is 1.76 bits per heavy atom. The zero-order valence-corrected chi connectivity index (χ0v) is 17.0. The first-order valence-electron chi connectivity index (χ1n) is 10.3. The maximum Gasteiger partial charge on any atom is 0.223 e. The highest BCUT2D eigenvalue weighted by Gasteiger charge is 2.22. The lowest BCUT2D eigenvalue weighted by Gasteiger charge is -2.15. The zero-order chi connectivity index (χ0) is 20.5. The second kappa shape index (κ2) is 10.6. The van der Waals surface area contributed by atoms with Gasteiger partial charge in [0.25, 0.3) is 0 Å². The van der Waals surface area contributed by atoms with E-state index < -0.39 is 0 Å². The van der Waals surface area contributed by atoms with Gasteiger partial charge >= 0.3 is 0 Å². The van der Waals surface area contributed by atoms with Crippen LogP contribution in [0.2, 0.25) is 0 Å². The molecule has 2 aromatic rings. The summed E-state index contributed by atoms with van der Waals surface area (Å²) in [6.07, 6.45) is 1.78. The number of aliphatic imine (C=N–C) groups is 1. The van der Waals surface area contributed by atoms with Crippen molar-refractivity contribution in [1.29, 1.82) is 0 Å². The van der Waals surface area contributed by atoms with Crippen molar-refractivity contribution >= 4 is 11.9 Å². The SMILES string of the molecule is CCNC(=NCCCC(=O)N1Cc2ccccc2C1)NCCc1ccccc1F. The van der Waals surface area contributed by atoms with Crippen molar-refractivity contribution in [3.05, 3.63) is 71.0 Å². The van der Waals surface area contributed by atoms with Crippen LogP contribution in [0.3, 0.4) is 0 Å². The molecular weight excluding hydrogens is 367 g/mol. The molecule has 3 rings (SSSR count). The lowest BCUT2D eigenvalue weighted by molar-refractivity contribution is -0.131. The van der Waals surface area contributed by atoms with E-state index in [0.29, 0.717) is 57.0 Å². The van der Waals surface area contributed by atoms with Crippen molar-refractivity contribution in [2.24, 2.45) is 4.99 Å². The Hall–Kier alpha value is -2.89. The fourth-order valence-electron chi connectivity index (χ4n) is 3.45. The Kier molecular flexibility index (Phi) is 7.61. The molecule has 0 atom stereocenters. The standard InChI is InChI=1S/C23H29FN4O/c1-2-25-23(27-15-13-18-8-5-6-11-21(18)24)26-14-7-12-22(29)28-16-19-9-3-4-10-20(19)17-28/h3-6,8-11H,2,7,12-17H2,1H3,(H2,25,26,27). The molecule has 1 aliphatic heterocycles. The van der Waals surface area contributed by atoms with Gasteiger partial charge in [-0.05, 0) is 42.5 Å². The van der Waals surface area contributed by atoms with Gasteiger partial charge in [0, 0.05) is 39.1 Å². The number of fused-ring (bicyclic) bond motifs is 1. The summed E-state index contributed by atoms with van der Waals surface area (Å²) >= 11 is 0. The second-order valence-electron chi connectivity index (χ2n) is 7.15. The van der Waals surface area contributed by atoms with E-state index in [9.17, 15) is 9.18 Å². The maximum absolute atomic E-state index is 13.7. The molecule has 6 heteroatoms. The highest BCUT2D eigenvalue weighted by molar-refractivity contribution is 5.80. The van der Waals surface area contributed by atoms with E-state index >= 15 is 0 Å². The third-order valence-corrected chi connectivity index (χ3v) is 5.00. The lowest BCUT2D eigenvalue weighted by atomic mass is 10.1. The number of rotatable bonds is 8. The van der Waals surface area contributed by atoms with Crippen molar-refractivity contribution in [2.45, 2.75) is 39.3 Å². The molecule has 0 spiro atoms. The molecule has 0 aromatic heterocycles. The molecule has 0 saturated heterocycles. The summed E-state index contributed by atoms with van der Waals surface area (Å²) in [7, 11) is 0. The van der Waals surface area contributed by atoms with E-state index in [1.54, 1.807) is 12.1 Å². The number of halogens is 1. The minimum atomic E-state index is -0.182. The Bertz CT molecular complexity index is 827. The molecule has 1 aliphatic rings. The molecule has 2 aromatic carbocycles. The molecule has 1 heterocycles. The molecular formula is C23H29FN4O. The smallest absolute Gasteiger partial charge is 0.223 e. The number of amides is 1. The van der Waals surface area contributed by atoms with Crippen LogP contribution in [0.5, 0.6) is 0 Å². The molecule has 29 heavy (non-hydrogen) atoms. The summed E-state index contributed by atoms with van der Waals surface area (Å²) in [5.41, 5.74) is 3.17. The summed E-state index contributed by atoms with van der Waals surface area (Å²) < 4.78 is 13.7. The fourth-order valence-corrected chi connectivity index (χ4v) is 3.45. The van der Waals surface area contributed by atoms with Gasteiger partial charge in [0.15, 0.2) is 5.96 Å². The molecule has 0 radical (unpaired) electrons. The Balaban J connectivity index is 1.40. The molecule has 0 fully saturated rings. The van der Waals surface area contributed by atoms with Crippen LogP contribution >= 0.6 is 0 Å². The Morgan fingerprint density at radius 3 is 2.45 bits per heavy atom. The zero-order valence-electron chi connectivity index (χ0n) is 17.0. The van der Waals surface area contributed by atoms with E-state index in [-0.39, 0.29) is 11.7 Å². The number of guanidine groups is 1. The van der Waals surface area contributed by atoms with Gasteiger partial charge in [0.05, 0.1) is 0 Å². The topological polar surface area (TPSA) is 56.7 Å². The fraction of sp³-hybridized carbons (Fsp3) is 0.391. The van der Waals surface area contributed by atoms with Crippen LogP contribution in [-0.2, 0) is 24.3 Å².